The molecule has 0 fully saturated rings. The zero-order valence-electron chi connectivity index (χ0n) is 7.14. The van der Waals surface area contributed by atoms with Crippen molar-refractivity contribution in [3.63, 3.8) is 0 Å². The Morgan fingerprint density at radius 2 is 2.00 bits per heavy atom. The van der Waals surface area contributed by atoms with Crippen LogP contribution in [0.1, 0.15) is 5.56 Å². The minimum atomic E-state index is -1.08. The van der Waals surface area contributed by atoms with E-state index >= 15 is 0 Å². The lowest BCUT2D eigenvalue weighted by atomic mass is 10.2. The quantitative estimate of drug-likeness (QED) is 0.738. The van der Waals surface area contributed by atoms with Gasteiger partial charge in [-0.3, -0.25) is 0 Å². The standard InChI is InChI=1S/C9H8O4S/c10-8(11)5-13-7-4-2-1-3-6(7)9(12)14/h1-4H,5H2,(H,10,11)(H,12,14). The summed E-state index contributed by atoms with van der Waals surface area (Å²) in [6, 6.07) is 6.44. The number of carbonyl (C=O) groups is 1. The monoisotopic (exact) mass is 212 g/mol. The van der Waals surface area contributed by atoms with Crippen molar-refractivity contribution in [1.82, 2.24) is 0 Å². The second kappa shape index (κ2) is 4.57. The molecule has 0 saturated heterocycles. The Hall–Kier alpha value is -1.62. The number of aliphatic hydroxyl groups excluding tert-OH is 1. The van der Waals surface area contributed by atoms with Gasteiger partial charge in [0.25, 0.3) is 0 Å². The molecule has 0 amide bonds. The van der Waals surface area contributed by atoms with Gasteiger partial charge in [0.05, 0.1) is 5.56 Å². The van der Waals surface area contributed by atoms with Gasteiger partial charge in [0.15, 0.2) is 11.7 Å². The second-order valence-electron chi connectivity index (χ2n) is 2.48. The minimum absolute atomic E-state index is 0.266. The first kappa shape index (κ1) is 10.5. The Morgan fingerprint density at radius 1 is 1.36 bits per heavy atom. The van der Waals surface area contributed by atoms with Crippen molar-refractivity contribution in [3.8, 4) is 5.75 Å². The number of aliphatic hydroxyl groups is 1. The number of carboxylic acids is 1. The molecule has 0 bridgehead atoms. The van der Waals surface area contributed by atoms with Gasteiger partial charge in [-0.15, -0.1) is 0 Å². The molecule has 5 heteroatoms. The summed E-state index contributed by atoms with van der Waals surface area (Å²) in [6.45, 7) is -0.459. The first-order valence-corrected chi connectivity index (χ1v) is 4.19. The predicted molar refractivity (Wildman–Crippen MR) is 53.9 cm³/mol. The zero-order chi connectivity index (χ0) is 10.6. The molecule has 1 aromatic carbocycles. The van der Waals surface area contributed by atoms with Crippen molar-refractivity contribution < 1.29 is 19.7 Å². The molecule has 74 valence electrons. The van der Waals surface area contributed by atoms with Crippen LogP contribution >= 0.6 is 12.2 Å². The number of aliphatic carboxylic acids is 1. The van der Waals surface area contributed by atoms with Crippen LogP contribution < -0.4 is 4.74 Å². The van der Waals surface area contributed by atoms with Crippen molar-refractivity contribution in [2.24, 2.45) is 0 Å². The maximum Gasteiger partial charge on any atom is 0.341 e. The van der Waals surface area contributed by atoms with Crippen LogP contribution in [0.25, 0.3) is 0 Å². The molecule has 0 saturated carbocycles. The van der Waals surface area contributed by atoms with Gasteiger partial charge in [0.1, 0.15) is 5.75 Å². The average molecular weight is 212 g/mol. The lowest BCUT2D eigenvalue weighted by molar-refractivity contribution is -0.139. The molecule has 0 radical (unpaired) electrons. The van der Waals surface area contributed by atoms with E-state index in [0.717, 1.165) is 0 Å². The topological polar surface area (TPSA) is 66.8 Å². The molecule has 0 heterocycles. The summed E-state index contributed by atoms with van der Waals surface area (Å²) in [5.41, 5.74) is 0.323. The molecule has 0 aromatic heterocycles. The summed E-state index contributed by atoms with van der Waals surface area (Å²) in [6.07, 6.45) is 0. The van der Waals surface area contributed by atoms with E-state index in [1.54, 1.807) is 24.3 Å². The highest BCUT2D eigenvalue weighted by molar-refractivity contribution is 7.80. The number of benzene rings is 1. The van der Waals surface area contributed by atoms with E-state index in [1.807, 2.05) is 0 Å². The number of hydrogen-bond acceptors (Lipinski definition) is 3. The third-order valence-electron chi connectivity index (χ3n) is 1.47. The summed E-state index contributed by atoms with van der Waals surface area (Å²) in [5.74, 6) is -0.814. The third kappa shape index (κ3) is 2.70. The minimum Gasteiger partial charge on any atom is -0.498 e. The fourth-order valence-electron chi connectivity index (χ4n) is 0.909. The number of rotatable bonds is 4. The first-order valence-electron chi connectivity index (χ1n) is 3.78. The van der Waals surface area contributed by atoms with Crippen molar-refractivity contribution in [3.05, 3.63) is 29.8 Å². The molecule has 0 unspecified atom stereocenters. The molecular formula is C9H8O4S. The Kier molecular flexibility index (Phi) is 3.41. The molecule has 1 rings (SSSR count). The summed E-state index contributed by atoms with van der Waals surface area (Å²) >= 11 is 4.56. The van der Waals surface area contributed by atoms with Crippen LogP contribution in [0.5, 0.6) is 5.75 Å². The highest BCUT2D eigenvalue weighted by Gasteiger charge is 2.07. The van der Waals surface area contributed by atoms with Crippen LogP contribution in [-0.4, -0.2) is 27.8 Å². The Morgan fingerprint density at radius 3 is 2.57 bits per heavy atom. The molecule has 0 aliphatic heterocycles. The van der Waals surface area contributed by atoms with E-state index in [9.17, 15) is 4.79 Å². The maximum atomic E-state index is 10.2. The SMILES string of the molecule is O=C(O)COc1ccccc1C(O)=S. The summed E-state index contributed by atoms with van der Waals surface area (Å²) in [4.78, 5) is 10.2. The van der Waals surface area contributed by atoms with Gasteiger partial charge >= 0.3 is 5.97 Å². The van der Waals surface area contributed by atoms with E-state index in [4.69, 9.17) is 14.9 Å². The van der Waals surface area contributed by atoms with Gasteiger partial charge in [-0.1, -0.05) is 12.1 Å². The Bertz CT molecular complexity index is 362. The molecule has 0 atom stereocenters. The van der Waals surface area contributed by atoms with Gasteiger partial charge in [0, 0.05) is 0 Å². The number of para-hydroxylation sites is 1. The van der Waals surface area contributed by atoms with E-state index < -0.39 is 12.6 Å². The van der Waals surface area contributed by atoms with Crippen molar-refractivity contribution in [2.75, 3.05) is 6.61 Å². The first-order chi connectivity index (χ1) is 6.61. The van der Waals surface area contributed by atoms with Crippen molar-refractivity contribution >= 4 is 23.2 Å². The number of carboxylic acid groups (broad SMARTS) is 1. The summed E-state index contributed by atoms with van der Waals surface area (Å²) in [5, 5.41) is 17.1. The zero-order valence-corrected chi connectivity index (χ0v) is 7.95. The molecule has 0 aliphatic rings. The van der Waals surface area contributed by atoms with E-state index in [1.165, 1.54) is 0 Å². The van der Waals surface area contributed by atoms with Crippen molar-refractivity contribution in [2.45, 2.75) is 0 Å². The average Bonchev–Trinajstić information content (AvgIpc) is 2.15. The second-order valence-corrected chi connectivity index (χ2v) is 2.87. The van der Waals surface area contributed by atoms with Crippen LogP contribution in [0.3, 0.4) is 0 Å². The van der Waals surface area contributed by atoms with Gasteiger partial charge in [-0.05, 0) is 24.4 Å². The number of thiocarbonyl (C=S) groups is 1. The largest absolute Gasteiger partial charge is 0.498 e. The molecule has 0 spiro atoms. The van der Waals surface area contributed by atoms with E-state index in [0.29, 0.717) is 5.56 Å². The van der Waals surface area contributed by atoms with Gasteiger partial charge < -0.3 is 14.9 Å². The van der Waals surface area contributed by atoms with Crippen LogP contribution in [0, 0.1) is 0 Å². The molecule has 14 heavy (non-hydrogen) atoms. The summed E-state index contributed by atoms with van der Waals surface area (Å²) in [7, 11) is 0. The van der Waals surface area contributed by atoms with Crippen molar-refractivity contribution in [1.29, 1.82) is 0 Å². The molecular weight excluding hydrogens is 204 g/mol. The van der Waals surface area contributed by atoms with Gasteiger partial charge in [-0.25, -0.2) is 4.79 Å². The highest BCUT2D eigenvalue weighted by Crippen LogP contribution is 2.17. The van der Waals surface area contributed by atoms with Gasteiger partial charge in [0.2, 0.25) is 0 Å². The number of ether oxygens (including phenoxy) is 1. The van der Waals surface area contributed by atoms with Crippen LogP contribution in [0.4, 0.5) is 0 Å². The van der Waals surface area contributed by atoms with Crippen LogP contribution in [0.2, 0.25) is 0 Å². The highest BCUT2D eigenvalue weighted by atomic mass is 32.1. The Labute approximate surface area is 85.7 Å². The summed E-state index contributed by atoms with van der Waals surface area (Å²) < 4.78 is 4.91. The molecule has 0 aliphatic carbocycles. The lowest BCUT2D eigenvalue weighted by Gasteiger charge is -2.06. The maximum absolute atomic E-state index is 10.2. The molecule has 2 N–H and O–H groups in total. The smallest absolute Gasteiger partial charge is 0.341 e. The normalized spacial score (nSPS) is 9.43. The van der Waals surface area contributed by atoms with Gasteiger partial charge in [-0.2, -0.15) is 0 Å². The van der Waals surface area contributed by atoms with E-state index in [-0.39, 0.29) is 10.8 Å². The fourth-order valence-corrected chi connectivity index (χ4v) is 1.08. The molecule has 4 nitrogen and oxygen atoms in total. The van der Waals surface area contributed by atoms with E-state index in [2.05, 4.69) is 12.2 Å². The fraction of sp³-hybridized carbons (Fsp3) is 0.111. The van der Waals surface area contributed by atoms with Crippen LogP contribution in [0.15, 0.2) is 24.3 Å². The number of hydrogen-bond donors (Lipinski definition) is 2. The third-order valence-corrected chi connectivity index (χ3v) is 1.69. The Balaban J connectivity index is 2.84. The predicted octanol–water partition coefficient (Wildman–Crippen LogP) is 1.38. The molecule has 1 aromatic rings. The van der Waals surface area contributed by atoms with Crippen LogP contribution in [-0.2, 0) is 4.79 Å². The lowest BCUT2D eigenvalue weighted by Crippen LogP contribution is -2.11.